The molecule has 0 aliphatic heterocycles. The van der Waals surface area contributed by atoms with Crippen LogP contribution in [0.25, 0.3) is 0 Å². The maximum Gasteiger partial charge on any atom is 0.308 e. The fourth-order valence-corrected chi connectivity index (χ4v) is 1.39. The molecule has 0 radical (unpaired) electrons. The van der Waals surface area contributed by atoms with Crippen LogP contribution in [-0.4, -0.2) is 28.7 Å². The van der Waals surface area contributed by atoms with Crippen LogP contribution < -0.4 is 5.32 Å². The van der Waals surface area contributed by atoms with Gasteiger partial charge in [0, 0.05) is 18.5 Å². The van der Waals surface area contributed by atoms with Gasteiger partial charge in [0.1, 0.15) is 0 Å². The van der Waals surface area contributed by atoms with Crippen molar-refractivity contribution in [2.75, 3.05) is 6.54 Å². The monoisotopic (exact) mass is 238 g/mol. The van der Waals surface area contributed by atoms with Gasteiger partial charge in [0.15, 0.2) is 0 Å². The van der Waals surface area contributed by atoms with Gasteiger partial charge in [-0.25, -0.2) is 0 Å². The van der Waals surface area contributed by atoms with Crippen molar-refractivity contribution < 1.29 is 19.2 Å². The number of carboxylic acids is 1. The van der Waals surface area contributed by atoms with E-state index in [0.29, 0.717) is 5.92 Å². The van der Waals surface area contributed by atoms with Crippen LogP contribution in [-0.2, 0) is 4.79 Å². The summed E-state index contributed by atoms with van der Waals surface area (Å²) in [5.74, 6) is -1.41. The summed E-state index contributed by atoms with van der Waals surface area (Å²) in [6, 6.07) is 1.62. The van der Waals surface area contributed by atoms with Crippen molar-refractivity contribution in [2.45, 2.75) is 25.7 Å². The van der Waals surface area contributed by atoms with E-state index in [-0.39, 0.29) is 12.3 Å². The molecule has 6 nitrogen and oxygen atoms in total. The molecule has 1 amide bonds. The van der Waals surface area contributed by atoms with Gasteiger partial charge in [0.25, 0.3) is 5.91 Å². The highest BCUT2D eigenvalue weighted by atomic mass is 16.5. The maximum atomic E-state index is 11.6. The number of rotatable bonds is 5. The Bertz CT molecular complexity index is 436. The lowest BCUT2D eigenvalue weighted by Crippen LogP contribution is -2.31. The summed E-state index contributed by atoms with van der Waals surface area (Å²) in [5, 5.41) is 15.0. The van der Waals surface area contributed by atoms with Crippen molar-refractivity contribution in [3.8, 4) is 0 Å². The molecule has 1 heterocycles. The molecule has 2 rings (SSSR count). The fourth-order valence-electron chi connectivity index (χ4n) is 1.39. The van der Waals surface area contributed by atoms with Crippen LogP contribution in [0.3, 0.4) is 0 Å². The summed E-state index contributed by atoms with van der Waals surface area (Å²) in [6.45, 7) is 1.60. The quantitative estimate of drug-likeness (QED) is 0.798. The second-order valence-corrected chi connectivity index (χ2v) is 4.34. The van der Waals surface area contributed by atoms with Gasteiger partial charge in [-0.1, -0.05) is 12.1 Å². The molecule has 1 aliphatic rings. The summed E-state index contributed by atoms with van der Waals surface area (Å²) in [6.07, 6.45) is 2.17. The summed E-state index contributed by atoms with van der Waals surface area (Å²) >= 11 is 0. The number of aliphatic carboxylic acids is 1. The Labute approximate surface area is 98.0 Å². The lowest BCUT2D eigenvalue weighted by molar-refractivity contribution is -0.140. The first-order valence-corrected chi connectivity index (χ1v) is 5.55. The van der Waals surface area contributed by atoms with Crippen molar-refractivity contribution in [1.29, 1.82) is 0 Å². The highest BCUT2D eigenvalue weighted by molar-refractivity contribution is 5.91. The van der Waals surface area contributed by atoms with Crippen LogP contribution >= 0.6 is 0 Å². The summed E-state index contributed by atoms with van der Waals surface area (Å²) < 4.78 is 4.91. The molecule has 0 spiro atoms. The predicted molar refractivity (Wildman–Crippen MR) is 57.6 cm³/mol. The van der Waals surface area contributed by atoms with Gasteiger partial charge in [-0.3, -0.25) is 9.59 Å². The van der Waals surface area contributed by atoms with Crippen molar-refractivity contribution >= 4 is 11.9 Å². The first-order chi connectivity index (χ1) is 8.08. The number of nitrogens with zero attached hydrogens (tertiary/aromatic N) is 1. The van der Waals surface area contributed by atoms with Crippen LogP contribution in [0.4, 0.5) is 0 Å². The van der Waals surface area contributed by atoms with E-state index < -0.39 is 17.8 Å². The summed E-state index contributed by atoms with van der Waals surface area (Å²) in [4.78, 5) is 22.2. The molecule has 17 heavy (non-hydrogen) atoms. The number of carboxylic acid groups (broad SMARTS) is 1. The van der Waals surface area contributed by atoms with E-state index >= 15 is 0 Å². The highest BCUT2D eigenvalue weighted by Gasteiger charge is 2.28. The molecule has 2 N–H and O–H groups in total. The van der Waals surface area contributed by atoms with Crippen molar-refractivity contribution in [3.63, 3.8) is 0 Å². The lowest BCUT2D eigenvalue weighted by atomic mass is 10.2. The second kappa shape index (κ2) is 4.57. The fraction of sp³-hybridized carbons (Fsp3) is 0.545. The van der Waals surface area contributed by atoms with Gasteiger partial charge in [0.2, 0.25) is 5.76 Å². The zero-order valence-corrected chi connectivity index (χ0v) is 9.47. The molecule has 1 atom stereocenters. The molecule has 1 aromatic rings. The van der Waals surface area contributed by atoms with E-state index in [0.717, 1.165) is 18.5 Å². The lowest BCUT2D eigenvalue weighted by Gasteiger charge is -2.05. The highest BCUT2D eigenvalue weighted by Crippen LogP contribution is 2.39. The van der Waals surface area contributed by atoms with Crippen LogP contribution in [0, 0.1) is 5.92 Å². The second-order valence-electron chi connectivity index (χ2n) is 4.34. The van der Waals surface area contributed by atoms with E-state index in [2.05, 4.69) is 10.5 Å². The third-order valence-electron chi connectivity index (χ3n) is 2.74. The minimum atomic E-state index is -0.943. The van der Waals surface area contributed by atoms with Crippen molar-refractivity contribution in [1.82, 2.24) is 10.5 Å². The van der Waals surface area contributed by atoms with Gasteiger partial charge in [-0.2, -0.15) is 0 Å². The SMILES string of the molecule is CC(CNC(=O)c1cc(C2CC2)no1)C(=O)O. The Hall–Kier alpha value is -1.85. The number of hydrogen-bond donors (Lipinski definition) is 2. The molecule has 1 fully saturated rings. The molecule has 0 saturated heterocycles. The molecule has 1 unspecified atom stereocenters. The van der Waals surface area contributed by atoms with Crippen LogP contribution in [0.1, 0.15) is 41.9 Å². The third-order valence-corrected chi connectivity index (χ3v) is 2.74. The van der Waals surface area contributed by atoms with Gasteiger partial charge in [0.05, 0.1) is 11.6 Å². The average molecular weight is 238 g/mol. The molecule has 1 saturated carbocycles. The van der Waals surface area contributed by atoms with E-state index in [1.165, 1.54) is 6.92 Å². The standard InChI is InChI=1S/C11H14N2O4/c1-6(11(15)16)5-12-10(14)9-4-8(13-17-9)7-2-3-7/h4,6-7H,2-3,5H2,1H3,(H,12,14)(H,15,16). The van der Waals surface area contributed by atoms with E-state index in [1.807, 2.05) is 0 Å². The molecule has 6 heteroatoms. The first-order valence-electron chi connectivity index (χ1n) is 5.55. The Balaban J connectivity index is 1.88. The van der Waals surface area contributed by atoms with E-state index in [9.17, 15) is 9.59 Å². The number of hydrogen-bond acceptors (Lipinski definition) is 4. The first kappa shape index (κ1) is 11.6. The minimum Gasteiger partial charge on any atom is -0.481 e. The molecule has 92 valence electrons. The van der Waals surface area contributed by atoms with Gasteiger partial charge < -0.3 is 14.9 Å². The smallest absolute Gasteiger partial charge is 0.308 e. The summed E-state index contributed by atoms with van der Waals surface area (Å²) in [7, 11) is 0. The molecular formula is C11H14N2O4. The number of amides is 1. The van der Waals surface area contributed by atoms with Crippen LogP contribution in [0.5, 0.6) is 0 Å². The molecule has 0 bridgehead atoms. The number of nitrogens with one attached hydrogen (secondary N) is 1. The minimum absolute atomic E-state index is 0.0770. The molecular weight excluding hydrogens is 224 g/mol. The zero-order valence-electron chi connectivity index (χ0n) is 9.47. The molecule has 1 aromatic heterocycles. The Morgan fingerprint density at radius 3 is 2.94 bits per heavy atom. The van der Waals surface area contributed by atoms with Gasteiger partial charge >= 0.3 is 5.97 Å². The van der Waals surface area contributed by atoms with Gasteiger partial charge in [-0.05, 0) is 12.8 Å². The van der Waals surface area contributed by atoms with Crippen LogP contribution in [0.15, 0.2) is 10.6 Å². The van der Waals surface area contributed by atoms with Gasteiger partial charge in [-0.15, -0.1) is 0 Å². The van der Waals surface area contributed by atoms with E-state index in [4.69, 9.17) is 9.63 Å². The zero-order chi connectivity index (χ0) is 12.4. The van der Waals surface area contributed by atoms with Crippen molar-refractivity contribution in [2.24, 2.45) is 5.92 Å². The average Bonchev–Trinajstić information content (AvgIpc) is 3.03. The van der Waals surface area contributed by atoms with Crippen LogP contribution in [0.2, 0.25) is 0 Å². The number of carbonyl (C=O) groups excluding carboxylic acids is 1. The number of carbonyl (C=O) groups is 2. The Morgan fingerprint density at radius 1 is 1.65 bits per heavy atom. The summed E-state index contributed by atoms with van der Waals surface area (Å²) in [5.41, 5.74) is 0.807. The maximum absolute atomic E-state index is 11.6. The molecule has 1 aliphatic carbocycles. The Kier molecular flexibility index (Phi) is 3.12. The topological polar surface area (TPSA) is 92.4 Å². The largest absolute Gasteiger partial charge is 0.481 e. The predicted octanol–water partition coefficient (Wildman–Crippen LogP) is 1.00. The molecule has 0 aromatic carbocycles. The Morgan fingerprint density at radius 2 is 2.35 bits per heavy atom. The van der Waals surface area contributed by atoms with Crippen molar-refractivity contribution in [3.05, 3.63) is 17.5 Å². The normalized spacial score (nSPS) is 16.5. The third kappa shape index (κ3) is 2.83. The number of aromatic nitrogens is 1. The van der Waals surface area contributed by atoms with E-state index in [1.54, 1.807) is 6.07 Å².